The topological polar surface area (TPSA) is 20.2 Å². The summed E-state index contributed by atoms with van der Waals surface area (Å²) in [6, 6.07) is 0. The maximum atomic E-state index is 9.55. The van der Waals surface area contributed by atoms with E-state index < -0.39 is 8.07 Å². The van der Waals surface area contributed by atoms with Crippen LogP contribution in [0.4, 0.5) is 0 Å². The largest absolute Gasteiger partial charge is 0.400 e. The van der Waals surface area contributed by atoms with Crippen molar-refractivity contribution in [1.82, 2.24) is 0 Å². The summed E-state index contributed by atoms with van der Waals surface area (Å²) < 4.78 is 0. The summed E-state index contributed by atoms with van der Waals surface area (Å²) >= 11 is 0. The maximum absolute atomic E-state index is 9.55. The lowest BCUT2D eigenvalue weighted by Crippen LogP contribution is -2.48. The van der Waals surface area contributed by atoms with Gasteiger partial charge in [-0.3, -0.25) is 0 Å². The van der Waals surface area contributed by atoms with Gasteiger partial charge in [-0.1, -0.05) is 41.5 Å². The number of hydrogen-bond donors (Lipinski definition) is 1. The molecule has 0 heterocycles. The lowest BCUT2D eigenvalue weighted by atomic mass is 10.5. The average Bonchev–Trinajstić information content (AvgIpc) is 1.86. The predicted octanol–water partition coefficient (Wildman–Crippen LogP) is 3.20. The van der Waals surface area contributed by atoms with Crippen molar-refractivity contribution in [3.8, 4) is 0 Å². The molecule has 1 N–H and O–H groups in total. The number of rotatable bonds is 4. The summed E-state index contributed by atoms with van der Waals surface area (Å²) in [4.78, 5) is 0. The van der Waals surface area contributed by atoms with Crippen molar-refractivity contribution in [2.45, 2.75) is 58.2 Å². The Hall–Kier alpha value is 0.177. The Morgan fingerprint density at radius 3 is 1.08 bits per heavy atom. The van der Waals surface area contributed by atoms with Crippen molar-refractivity contribution >= 4 is 8.07 Å². The van der Waals surface area contributed by atoms with Gasteiger partial charge in [0.1, 0.15) is 0 Å². The van der Waals surface area contributed by atoms with Crippen LogP contribution in [0.15, 0.2) is 0 Å². The molecule has 0 unspecified atom stereocenters. The Balaban J connectivity index is 4.77. The smallest absolute Gasteiger partial charge is 0.0908 e. The molecule has 0 spiro atoms. The Bertz CT molecular complexity index is 108. The molecule has 0 aliphatic heterocycles. The highest BCUT2D eigenvalue weighted by molar-refractivity contribution is 6.83. The Morgan fingerprint density at radius 2 is 1.08 bits per heavy atom. The van der Waals surface area contributed by atoms with Crippen LogP contribution in [0.2, 0.25) is 16.6 Å². The molecule has 0 bridgehead atoms. The fourth-order valence-corrected chi connectivity index (χ4v) is 7.64. The minimum atomic E-state index is -1.45. The number of aliphatic hydroxyl groups is 1. The first kappa shape index (κ1) is 12.2. The summed E-state index contributed by atoms with van der Waals surface area (Å²) in [5, 5.41) is 9.55. The third-order valence-corrected chi connectivity index (χ3v) is 10.5. The van der Waals surface area contributed by atoms with Crippen LogP contribution in [0.1, 0.15) is 41.5 Å². The molecule has 0 amide bonds. The molecular formula is C10H24OSi. The Morgan fingerprint density at radius 1 is 0.833 bits per heavy atom. The lowest BCUT2D eigenvalue weighted by molar-refractivity contribution is 0.348. The van der Waals surface area contributed by atoms with Crippen LogP contribution in [-0.4, -0.2) is 19.4 Å². The molecule has 0 aromatic carbocycles. The zero-order valence-corrected chi connectivity index (χ0v) is 10.4. The number of hydrogen-bond acceptors (Lipinski definition) is 1. The van der Waals surface area contributed by atoms with Crippen LogP contribution in [-0.2, 0) is 0 Å². The van der Waals surface area contributed by atoms with Gasteiger partial charge in [0.25, 0.3) is 0 Å². The molecule has 0 aliphatic rings. The van der Waals surface area contributed by atoms with E-state index >= 15 is 0 Å². The van der Waals surface area contributed by atoms with Crippen molar-refractivity contribution in [2.75, 3.05) is 6.23 Å². The molecule has 12 heavy (non-hydrogen) atoms. The zero-order chi connectivity index (χ0) is 9.94. The minimum absolute atomic E-state index is 0.444. The molecule has 0 saturated carbocycles. The maximum Gasteiger partial charge on any atom is 0.0908 e. The fraction of sp³-hybridized carbons (Fsp3) is 1.00. The molecule has 1 nitrogen and oxygen atoms in total. The highest BCUT2D eigenvalue weighted by Gasteiger charge is 2.41. The standard InChI is InChI=1S/C10H24OSi/c1-8(2)12(7-11,9(3)4)10(5)6/h8-11H,7H2,1-6H3. The van der Waals surface area contributed by atoms with Gasteiger partial charge in [-0.2, -0.15) is 0 Å². The summed E-state index contributed by atoms with van der Waals surface area (Å²) in [5.74, 6) is 0. The normalized spacial score (nSPS) is 13.5. The second-order valence-corrected chi connectivity index (χ2v) is 10.7. The van der Waals surface area contributed by atoms with E-state index in [0.717, 1.165) is 0 Å². The number of aliphatic hydroxyl groups excluding tert-OH is 1. The Kier molecular flexibility index (Phi) is 4.49. The average molecular weight is 188 g/mol. The van der Waals surface area contributed by atoms with Crippen molar-refractivity contribution in [1.29, 1.82) is 0 Å². The predicted molar refractivity (Wildman–Crippen MR) is 58.1 cm³/mol. The van der Waals surface area contributed by atoms with Gasteiger partial charge in [0.05, 0.1) is 8.07 Å². The molecule has 0 aromatic rings. The van der Waals surface area contributed by atoms with Gasteiger partial charge >= 0.3 is 0 Å². The third-order valence-electron chi connectivity index (χ3n) is 3.50. The van der Waals surface area contributed by atoms with Crippen molar-refractivity contribution < 1.29 is 5.11 Å². The van der Waals surface area contributed by atoms with Gasteiger partial charge in [-0.25, -0.2) is 0 Å². The van der Waals surface area contributed by atoms with Gasteiger partial charge in [-0.15, -0.1) is 0 Å². The summed E-state index contributed by atoms with van der Waals surface area (Å²) in [6.45, 7) is 13.6. The third kappa shape index (κ3) is 1.91. The molecule has 0 fully saturated rings. The van der Waals surface area contributed by atoms with E-state index in [1.807, 2.05) is 0 Å². The molecular weight excluding hydrogens is 164 g/mol. The lowest BCUT2D eigenvalue weighted by Gasteiger charge is -2.41. The van der Waals surface area contributed by atoms with Crippen molar-refractivity contribution in [3.63, 3.8) is 0 Å². The van der Waals surface area contributed by atoms with Gasteiger partial charge in [0, 0.05) is 6.23 Å². The summed E-state index contributed by atoms with van der Waals surface area (Å²) in [6.07, 6.45) is 0.444. The minimum Gasteiger partial charge on any atom is -0.400 e. The van der Waals surface area contributed by atoms with Gasteiger partial charge in [0.2, 0.25) is 0 Å². The summed E-state index contributed by atoms with van der Waals surface area (Å²) in [5.41, 5.74) is 2.05. The van der Waals surface area contributed by atoms with E-state index in [0.29, 0.717) is 22.9 Å². The van der Waals surface area contributed by atoms with Crippen LogP contribution in [0.25, 0.3) is 0 Å². The monoisotopic (exact) mass is 188 g/mol. The first-order valence-corrected chi connectivity index (χ1v) is 7.44. The van der Waals surface area contributed by atoms with Crippen LogP contribution >= 0.6 is 0 Å². The van der Waals surface area contributed by atoms with Crippen LogP contribution < -0.4 is 0 Å². The second-order valence-electron chi connectivity index (χ2n) is 4.73. The quantitative estimate of drug-likeness (QED) is 0.672. The first-order valence-electron chi connectivity index (χ1n) is 5.00. The van der Waals surface area contributed by atoms with Crippen LogP contribution in [0, 0.1) is 0 Å². The highest BCUT2D eigenvalue weighted by atomic mass is 28.3. The SMILES string of the molecule is CC(C)[Si](CO)(C(C)C)C(C)C. The molecule has 2 heteroatoms. The van der Waals surface area contributed by atoms with Gasteiger partial charge in [0.15, 0.2) is 0 Å². The van der Waals surface area contributed by atoms with Gasteiger partial charge < -0.3 is 5.11 Å². The van der Waals surface area contributed by atoms with E-state index in [-0.39, 0.29) is 0 Å². The van der Waals surface area contributed by atoms with E-state index in [1.54, 1.807) is 0 Å². The molecule has 0 radical (unpaired) electrons. The van der Waals surface area contributed by atoms with E-state index in [4.69, 9.17) is 0 Å². The fourth-order valence-electron chi connectivity index (χ4n) is 2.55. The van der Waals surface area contributed by atoms with Crippen LogP contribution in [0.5, 0.6) is 0 Å². The molecule has 74 valence electrons. The molecule has 0 rings (SSSR count). The highest BCUT2D eigenvalue weighted by Crippen LogP contribution is 2.40. The van der Waals surface area contributed by atoms with E-state index in [2.05, 4.69) is 41.5 Å². The zero-order valence-electron chi connectivity index (χ0n) is 9.39. The van der Waals surface area contributed by atoms with E-state index in [1.165, 1.54) is 0 Å². The molecule has 0 aliphatic carbocycles. The van der Waals surface area contributed by atoms with E-state index in [9.17, 15) is 5.11 Å². The molecule has 0 aromatic heterocycles. The molecule has 0 saturated heterocycles. The van der Waals surface area contributed by atoms with Crippen molar-refractivity contribution in [2.24, 2.45) is 0 Å². The van der Waals surface area contributed by atoms with Crippen LogP contribution in [0.3, 0.4) is 0 Å². The summed E-state index contributed by atoms with van der Waals surface area (Å²) in [7, 11) is -1.45. The van der Waals surface area contributed by atoms with Crippen molar-refractivity contribution in [3.05, 3.63) is 0 Å². The Labute approximate surface area is 78.2 Å². The second kappa shape index (κ2) is 4.42. The first-order chi connectivity index (χ1) is 5.39. The van der Waals surface area contributed by atoms with Gasteiger partial charge in [-0.05, 0) is 16.6 Å². The molecule has 0 atom stereocenters.